The molecule has 0 aliphatic heterocycles. The summed E-state index contributed by atoms with van der Waals surface area (Å²) in [7, 11) is 0. The third-order valence-electron chi connectivity index (χ3n) is 2.18. The van der Waals surface area contributed by atoms with Crippen molar-refractivity contribution in [3.8, 4) is 0 Å². The minimum absolute atomic E-state index is 0.820. The van der Waals surface area contributed by atoms with Crippen molar-refractivity contribution < 1.29 is 4.74 Å². The minimum Gasteiger partial charge on any atom is -0.382 e. The summed E-state index contributed by atoms with van der Waals surface area (Å²) in [5.41, 5.74) is 0. The van der Waals surface area contributed by atoms with Crippen molar-refractivity contribution in [1.29, 1.82) is 0 Å². The van der Waals surface area contributed by atoms with Crippen LogP contribution in [0.5, 0.6) is 0 Å². The molecule has 0 aliphatic carbocycles. The number of rotatable bonds is 10. The maximum absolute atomic E-state index is 5.27. The number of nitrogens with one attached hydrogen (secondary N) is 2. The van der Waals surface area contributed by atoms with Crippen LogP contribution in [0.1, 0.15) is 25.6 Å². The summed E-state index contributed by atoms with van der Waals surface area (Å²) >= 11 is 1.67. The summed E-state index contributed by atoms with van der Waals surface area (Å²) in [5, 5.41) is 11.1. The third-order valence-corrected chi connectivity index (χ3v) is 3.03. The Balaban J connectivity index is 1.84. The van der Waals surface area contributed by atoms with Crippen molar-refractivity contribution in [3.63, 3.8) is 0 Å². The molecule has 1 heterocycles. The van der Waals surface area contributed by atoms with Gasteiger partial charge in [0.15, 0.2) is 0 Å². The molecule has 17 heavy (non-hydrogen) atoms. The van der Waals surface area contributed by atoms with Gasteiger partial charge in [-0.05, 0) is 33.2 Å². The van der Waals surface area contributed by atoms with Crippen LogP contribution in [0, 0.1) is 6.92 Å². The molecule has 0 fully saturated rings. The second-order valence-corrected chi connectivity index (χ2v) is 4.77. The number of hydrogen-bond donors (Lipinski definition) is 2. The number of unbranched alkanes of at least 4 members (excludes halogenated alkanes) is 1. The van der Waals surface area contributed by atoms with E-state index in [0.29, 0.717) is 0 Å². The lowest BCUT2D eigenvalue weighted by molar-refractivity contribution is 0.143. The summed E-state index contributed by atoms with van der Waals surface area (Å²) < 4.78 is 5.27. The molecule has 1 aromatic rings. The van der Waals surface area contributed by atoms with Crippen LogP contribution in [0.2, 0.25) is 0 Å². The molecule has 0 aliphatic rings. The van der Waals surface area contributed by atoms with Crippen LogP contribution in [0.25, 0.3) is 0 Å². The third kappa shape index (κ3) is 7.36. The number of aryl methyl sites for hydroxylation is 1. The molecule has 0 saturated carbocycles. The quantitative estimate of drug-likeness (QED) is 0.493. The van der Waals surface area contributed by atoms with Gasteiger partial charge in [0.2, 0.25) is 5.16 Å². The van der Waals surface area contributed by atoms with Crippen molar-refractivity contribution in [2.75, 3.05) is 32.1 Å². The van der Waals surface area contributed by atoms with Crippen molar-refractivity contribution in [1.82, 2.24) is 20.5 Å². The number of ether oxygens (including phenoxy) is 1. The maximum Gasteiger partial charge on any atom is 0.208 e. The zero-order chi connectivity index (χ0) is 12.3. The van der Waals surface area contributed by atoms with Gasteiger partial charge in [0, 0.05) is 25.5 Å². The molecule has 0 spiro atoms. The molecule has 0 atom stereocenters. The van der Waals surface area contributed by atoms with E-state index < -0.39 is 0 Å². The molecule has 0 bridgehead atoms. The van der Waals surface area contributed by atoms with E-state index in [9.17, 15) is 0 Å². The molecular formula is C11H22N4OS. The van der Waals surface area contributed by atoms with Crippen molar-refractivity contribution >= 4 is 11.8 Å². The van der Waals surface area contributed by atoms with Gasteiger partial charge >= 0.3 is 0 Å². The Hall–Kier alpha value is -0.590. The molecule has 0 amide bonds. The molecule has 98 valence electrons. The van der Waals surface area contributed by atoms with E-state index in [2.05, 4.69) is 20.5 Å². The zero-order valence-electron chi connectivity index (χ0n) is 10.7. The highest BCUT2D eigenvalue weighted by Crippen LogP contribution is 2.10. The summed E-state index contributed by atoms with van der Waals surface area (Å²) in [6, 6.07) is 0. The highest BCUT2D eigenvalue weighted by molar-refractivity contribution is 7.99. The summed E-state index contributed by atoms with van der Waals surface area (Å²) in [5.74, 6) is 1.87. The van der Waals surface area contributed by atoms with Gasteiger partial charge in [0.1, 0.15) is 5.82 Å². The number of hydrogen-bond acceptors (Lipinski definition) is 5. The monoisotopic (exact) mass is 258 g/mol. The largest absolute Gasteiger partial charge is 0.382 e. The van der Waals surface area contributed by atoms with Crippen LogP contribution in [0.15, 0.2) is 5.16 Å². The number of aromatic amines is 1. The van der Waals surface area contributed by atoms with Gasteiger partial charge in [0.05, 0.1) is 0 Å². The Morgan fingerprint density at radius 2 is 2.24 bits per heavy atom. The first-order valence-corrected chi connectivity index (χ1v) is 7.11. The van der Waals surface area contributed by atoms with E-state index in [1.165, 1.54) is 6.42 Å². The first kappa shape index (κ1) is 14.5. The predicted molar refractivity (Wildman–Crippen MR) is 70.4 cm³/mol. The van der Waals surface area contributed by atoms with E-state index in [-0.39, 0.29) is 0 Å². The Morgan fingerprint density at radius 3 is 2.94 bits per heavy atom. The lowest BCUT2D eigenvalue weighted by Gasteiger charge is -2.03. The first-order valence-electron chi connectivity index (χ1n) is 6.13. The van der Waals surface area contributed by atoms with Gasteiger partial charge in [-0.1, -0.05) is 11.8 Å². The number of H-pyrrole nitrogens is 1. The van der Waals surface area contributed by atoms with E-state index in [1.54, 1.807) is 11.8 Å². The van der Waals surface area contributed by atoms with Crippen LogP contribution in [-0.4, -0.2) is 47.2 Å². The molecule has 0 aromatic carbocycles. The SMILES string of the molecule is CCOCCCCNCCSc1n[nH]c(C)n1. The lowest BCUT2D eigenvalue weighted by atomic mass is 10.3. The van der Waals surface area contributed by atoms with E-state index >= 15 is 0 Å². The fraction of sp³-hybridized carbons (Fsp3) is 0.818. The smallest absolute Gasteiger partial charge is 0.208 e. The fourth-order valence-corrected chi connectivity index (χ4v) is 2.07. The van der Waals surface area contributed by atoms with Crippen LogP contribution in [-0.2, 0) is 4.74 Å². The normalized spacial score (nSPS) is 10.9. The fourth-order valence-electron chi connectivity index (χ4n) is 1.32. The van der Waals surface area contributed by atoms with Crippen LogP contribution in [0.3, 0.4) is 0 Å². The van der Waals surface area contributed by atoms with E-state index in [4.69, 9.17) is 4.74 Å². The van der Waals surface area contributed by atoms with E-state index in [0.717, 1.165) is 49.5 Å². The van der Waals surface area contributed by atoms with Gasteiger partial charge in [-0.3, -0.25) is 5.10 Å². The second kappa shape index (κ2) is 9.44. The number of nitrogens with zero attached hydrogens (tertiary/aromatic N) is 2. The van der Waals surface area contributed by atoms with Gasteiger partial charge in [-0.15, -0.1) is 5.10 Å². The van der Waals surface area contributed by atoms with Gasteiger partial charge in [-0.25, -0.2) is 4.98 Å². The van der Waals surface area contributed by atoms with Crippen LogP contribution < -0.4 is 5.32 Å². The van der Waals surface area contributed by atoms with Gasteiger partial charge in [-0.2, -0.15) is 0 Å². The predicted octanol–water partition coefficient (Wildman–Crippen LogP) is 1.61. The lowest BCUT2D eigenvalue weighted by Crippen LogP contribution is -2.18. The maximum atomic E-state index is 5.27. The molecule has 0 radical (unpaired) electrons. The second-order valence-electron chi connectivity index (χ2n) is 3.71. The average Bonchev–Trinajstić information content (AvgIpc) is 2.73. The highest BCUT2D eigenvalue weighted by Gasteiger charge is 1.99. The molecule has 1 aromatic heterocycles. The molecule has 0 saturated heterocycles. The van der Waals surface area contributed by atoms with Crippen LogP contribution >= 0.6 is 11.8 Å². The molecule has 2 N–H and O–H groups in total. The molecule has 5 nitrogen and oxygen atoms in total. The summed E-state index contributed by atoms with van der Waals surface area (Å²) in [6.45, 7) is 7.69. The molecule has 6 heteroatoms. The Morgan fingerprint density at radius 1 is 1.35 bits per heavy atom. The molecule has 1 rings (SSSR count). The molecular weight excluding hydrogens is 236 g/mol. The summed E-state index contributed by atoms with van der Waals surface area (Å²) in [6.07, 6.45) is 2.30. The average molecular weight is 258 g/mol. The van der Waals surface area contributed by atoms with Gasteiger partial charge in [0.25, 0.3) is 0 Å². The highest BCUT2D eigenvalue weighted by atomic mass is 32.2. The topological polar surface area (TPSA) is 62.8 Å². The standard InChI is InChI=1S/C11H22N4OS/c1-3-16-8-5-4-6-12-7-9-17-11-13-10(2)14-15-11/h12H,3-9H2,1-2H3,(H,13,14,15). The number of thioether (sulfide) groups is 1. The van der Waals surface area contributed by atoms with E-state index in [1.807, 2.05) is 13.8 Å². The Labute approximate surface area is 107 Å². The minimum atomic E-state index is 0.820. The number of aromatic nitrogens is 3. The van der Waals surface area contributed by atoms with Crippen molar-refractivity contribution in [2.24, 2.45) is 0 Å². The Bertz CT molecular complexity index is 293. The van der Waals surface area contributed by atoms with Crippen molar-refractivity contribution in [2.45, 2.75) is 31.8 Å². The molecule has 0 unspecified atom stereocenters. The van der Waals surface area contributed by atoms with Crippen LogP contribution in [0.4, 0.5) is 0 Å². The van der Waals surface area contributed by atoms with Crippen molar-refractivity contribution in [3.05, 3.63) is 5.82 Å². The summed E-state index contributed by atoms with van der Waals surface area (Å²) in [4.78, 5) is 4.23. The first-order chi connectivity index (χ1) is 8.33. The van der Waals surface area contributed by atoms with Gasteiger partial charge < -0.3 is 10.1 Å². The Kier molecular flexibility index (Phi) is 8.04. The zero-order valence-corrected chi connectivity index (χ0v) is 11.5.